The van der Waals surface area contributed by atoms with Crippen LogP contribution in [-0.2, 0) is 6.61 Å². The van der Waals surface area contributed by atoms with Gasteiger partial charge in [-0.05, 0) is 63.5 Å². The van der Waals surface area contributed by atoms with Gasteiger partial charge in [-0.15, -0.1) is 0 Å². The maximum atomic E-state index is 5.94. The fourth-order valence-corrected chi connectivity index (χ4v) is 3.09. The van der Waals surface area contributed by atoms with Crippen LogP contribution in [0.25, 0.3) is 0 Å². The first kappa shape index (κ1) is 19.3. The van der Waals surface area contributed by atoms with E-state index in [4.69, 9.17) is 21.1 Å². The summed E-state index contributed by atoms with van der Waals surface area (Å²) in [6.45, 7) is 0.460. The summed E-state index contributed by atoms with van der Waals surface area (Å²) in [5.41, 5.74) is 5.77. The molecule has 0 fully saturated rings. The highest BCUT2D eigenvalue weighted by atomic mass is 79.9. The summed E-state index contributed by atoms with van der Waals surface area (Å²) < 4.78 is 12.2. The van der Waals surface area contributed by atoms with E-state index in [-0.39, 0.29) is 0 Å². The first-order valence-electron chi connectivity index (χ1n) is 8.24. The van der Waals surface area contributed by atoms with Crippen LogP contribution in [0.15, 0.2) is 76.3 Å². The van der Waals surface area contributed by atoms with Gasteiger partial charge in [-0.1, -0.05) is 41.9 Å². The van der Waals surface area contributed by atoms with Gasteiger partial charge in [0.15, 0.2) is 11.5 Å². The molecular weight excluding hydrogens is 428 g/mol. The quantitative estimate of drug-likeness (QED) is 0.351. The molecule has 0 bridgehead atoms. The van der Waals surface area contributed by atoms with Crippen LogP contribution < -0.4 is 14.9 Å². The number of hydrogen-bond donors (Lipinski definition) is 1. The molecule has 6 heteroatoms. The average molecular weight is 446 g/mol. The lowest BCUT2D eigenvalue weighted by Crippen LogP contribution is -2.00. The predicted octanol–water partition coefficient (Wildman–Crippen LogP) is 6.14. The van der Waals surface area contributed by atoms with E-state index in [0.29, 0.717) is 23.1 Å². The molecule has 0 unspecified atom stereocenters. The summed E-state index contributed by atoms with van der Waals surface area (Å²) in [7, 11) is 1.62. The van der Waals surface area contributed by atoms with E-state index in [9.17, 15) is 0 Å². The number of nitrogens with zero attached hydrogens (tertiary/aromatic N) is 1. The Morgan fingerprint density at radius 3 is 2.52 bits per heavy atom. The van der Waals surface area contributed by atoms with E-state index < -0.39 is 0 Å². The van der Waals surface area contributed by atoms with Crippen LogP contribution in [0.3, 0.4) is 0 Å². The standard InChI is InChI=1S/C21H18BrClN2O2/c1-26-20-12-16(13-24-25-18-9-7-17(23)8-10-18)11-19(22)21(20)27-14-15-5-3-2-4-6-15/h2-13,25H,14H2,1H3/b24-13+. The van der Waals surface area contributed by atoms with Crippen molar-refractivity contribution in [2.75, 3.05) is 12.5 Å². The van der Waals surface area contributed by atoms with Crippen molar-refractivity contribution >= 4 is 39.4 Å². The summed E-state index contributed by atoms with van der Waals surface area (Å²) in [5.74, 6) is 1.29. The molecule has 0 aliphatic carbocycles. The van der Waals surface area contributed by atoms with Gasteiger partial charge in [0, 0.05) is 5.02 Å². The monoisotopic (exact) mass is 444 g/mol. The Bertz CT molecular complexity index is 915. The summed E-state index contributed by atoms with van der Waals surface area (Å²) in [6.07, 6.45) is 1.71. The number of halogens is 2. The highest BCUT2D eigenvalue weighted by Gasteiger charge is 2.11. The van der Waals surface area contributed by atoms with Crippen molar-refractivity contribution < 1.29 is 9.47 Å². The Morgan fingerprint density at radius 2 is 1.81 bits per heavy atom. The van der Waals surface area contributed by atoms with Gasteiger partial charge in [-0.25, -0.2) is 0 Å². The SMILES string of the molecule is COc1cc(/C=N/Nc2ccc(Cl)cc2)cc(Br)c1OCc1ccccc1. The average Bonchev–Trinajstić information content (AvgIpc) is 2.69. The van der Waals surface area contributed by atoms with E-state index in [1.165, 1.54) is 0 Å². The first-order valence-corrected chi connectivity index (χ1v) is 9.41. The molecule has 3 aromatic carbocycles. The number of rotatable bonds is 7. The Kier molecular flexibility index (Phi) is 6.74. The second-order valence-corrected chi connectivity index (χ2v) is 6.98. The summed E-state index contributed by atoms with van der Waals surface area (Å²) in [6, 6.07) is 21.1. The topological polar surface area (TPSA) is 42.8 Å². The third-order valence-corrected chi connectivity index (χ3v) is 4.57. The minimum absolute atomic E-state index is 0.460. The van der Waals surface area contributed by atoms with Crippen LogP contribution >= 0.6 is 27.5 Å². The molecule has 0 heterocycles. The van der Waals surface area contributed by atoms with Crippen molar-refractivity contribution in [3.63, 3.8) is 0 Å². The smallest absolute Gasteiger partial charge is 0.175 e. The lowest BCUT2D eigenvalue weighted by Gasteiger charge is -2.13. The zero-order valence-corrected chi connectivity index (χ0v) is 17.0. The molecule has 3 aromatic rings. The Balaban J connectivity index is 1.71. The number of methoxy groups -OCH3 is 1. The van der Waals surface area contributed by atoms with Crippen LogP contribution in [-0.4, -0.2) is 13.3 Å². The van der Waals surface area contributed by atoms with Gasteiger partial charge in [-0.2, -0.15) is 5.10 Å². The van der Waals surface area contributed by atoms with E-state index in [1.54, 1.807) is 25.5 Å². The summed E-state index contributed by atoms with van der Waals surface area (Å²) in [4.78, 5) is 0. The molecule has 0 aromatic heterocycles. The number of anilines is 1. The highest BCUT2D eigenvalue weighted by Crippen LogP contribution is 2.36. The van der Waals surface area contributed by atoms with Crippen LogP contribution in [0, 0.1) is 0 Å². The minimum Gasteiger partial charge on any atom is -0.493 e. The van der Waals surface area contributed by atoms with Gasteiger partial charge >= 0.3 is 0 Å². The van der Waals surface area contributed by atoms with Crippen molar-refractivity contribution in [1.29, 1.82) is 0 Å². The molecule has 4 nitrogen and oxygen atoms in total. The molecule has 27 heavy (non-hydrogen) atoms. The number of ether oxygens (including phenoxy) is 2. The predicted molar refractivity (Wildman–Crippen MR) is 114 cm³/mol. The van der Waals surface area contributed by atoms with Gasteiger partial charge < -0.3 is 9.47 Å². The third kappa shape index (κ3) is 5.49. The van der Waals surface area contributed by atoms with Crippen molar-refractivity contribution in [2.24, 2.45) is 5.10 Å². The minimum atomic E-state index is 0.460. The van der Waals surface area contributed by atoms with Crippen LogP contribution in [0.2, 0.25) is 5.02 Å². The fraction of sp³-hybridized carbons (Fsp3) is 0.0952. The van der Waals surface area contributed by atoms with Gasteiger partial charge in [0.05, 0.1) is 23.5 Å². The van der Waals surface area contributed by atoms with Gasteiger partial charge in [-0.3, -0.25) is 5.43 Å². The van der Waals surface area contributed by atoms with E-state index >= 15 is 0 Å². The van der Waals surface area contributed by atoms with E-state index in [1.807, 2.05) is 54.6 Å². The molecule has 0 aliphatic rings. The van der Waals surface area contributed by atoms with E-state index in [0.717, 1.165) is 21.3 Å². The maximum Gasteiger partial charge on any atom is 0.175 e. The molecule has 0 aliphatic heterocycles. The number of hydrogen-bond acceptors (Lipinski definition) is 4. The molecule has 138 valence electrons. The van der Waals surface area contributed by atoms with Gasteiger partial charge in [0.25, 0.3) is 0 Å². The molecule has 0 atom stereocenters. The van der Waals surface area contributed by atoms with E-state index in [2.05, 4.69) is 26.5 Å². The van der Waals surface area contributed by atoms with Crippen LogP contribution in [0.5, 0.6) is 11.5 Å². The second-order valence-electron chi connectivity index (χ2n) is 5.69. The molecule has 0 spiro atoms. The fourth-order valence-electron chi connectivity index (χ4n) is 2.39. The normalized spacial score (nSPS) is 10.8. The molecule has 0 saturated carbocycles. The van der Waals surface area contributed by atoms with Crippen molar-refractivity contribution in [3.05, 3.63) is 87.4 Å². The van der Waals surface area contributed by atoms with Crippen LogP contribution in [0.1, 0.15) is 11.1 Å². The number of hydrazone groups is 1. The zero-order chi connectivity index (χ0) is 19.1. The highest BCUT2D eigenvalue weighted by molar-refractivity contribution is 9.10. The summed E-state index contributed by atoms with van der Waals surface area (Å²) in [5, 5.41) is 4.93. The van der Waals surface area contributed by atoms with Crippen LogP contribution in [0.4, 0.5) is 5.69 Å². The van der Waals surface area contributed by atoms with Gasteiger partial charge in [0.1, 0.15) is 6.61 Å². The Hall–Kier alpha value is -2.50. The molecule has 0 radical (unpaired) electrons. The van der Waals surface area contributed by atoms with Crippen molar-refractivity contribution in [3.8, 4) is 11.5 Å². The third-order valence-electron chi connectivity index (χ3n) is 3.73. The molecule has 0 amide bonds. The summed E-state index contributed by atoms with van der Waals surface area (Å²) >= 11 is 9.43. The zero-order valence-electron chi connectivity index (χ0n) is 14.7. The molecule has 3 rings (SSSR count). The Morgan fingerprint density at radius 1 is 1.07 bits per heavy atom. The number of nitrogens with one attached hydrogen (secondary N) is 1. The lowest BCUT2D eigenvalue weighted by molar-refractivity contribution is 0.282. The number of benzene rings is 3. The van der Waals surface area contributed by atoms with Gasteiger partial charge in [0.2, 0.25) is 0 Å². The largest absolute Gasteiger partial charge is 0.493 e. The second kappa shape index (κ2) is 9.44. The molecule has 0 saturated heterocycles. The van der Waals surface area contributed by atoms with Crippen molar-refractivity contribution in [1.82, 2.24) is 0 Å². The lowest BCUT2D eigenvalue weighted by atomic mass is 10.2. The maximum absolute atomic E-state index is 5.94. The van der Waals surface area contributed by atoms with Crippen molar-refractivity contribution in [2.45, 2.75) is 6.61 Å². The Labute approximate surface area is 171 Å². The first-order chi connectivity index (χ1) is 13.2. The molecule has 1 N–H and O–H groups in total. The molecular formula is C21H18BrClN2O2.